The van der Waals surface area contributed by atoms with Crippen LogP contribution in [0.2, 0.25) is 0 Å². The SMILES string of the molecule is CC=CSC(N)=NC. The third-order valence-electron chi connectivity index (χ3n) is 0.545. The highest BCUT2D eigenvalue weighted by molar-refractivity contribution is 8.16. The van der Waals surface area contributed by atoms with Gasteiger partial charge in [-0.1, -0.05) is 17.8 Å². The lowest BCUT2D eigenvalue weighted by Gasteiger charge is -1.87. The predicted octanol–water partition coefficient (Wildman–Crippen LogP) is 1.20. The number of hydrogen-bond donors (Lipinski definition) is 1. The van der Waals surface area contributed by atoms with Crippen LogP contribution in [0.5, 0.6) is 0 Å². The van der Waals surface area contributed by atoms with Crippen molar-refractivity contribution in [1.82, 2.24) is 0 Å². The third-order valence-corrected chi connectivity index (χ3v) is 1.38. The van der Waals surface area contributed by atoms with E-state index in [1.165, 1.54) is 11.8 Å². The van der Waals surface area contributed by atoms with Crippen LogP contribution in [-0.4, -0.2) is 12.2 Å². The molecule has 0 aromatic heterocycles. The zero-order valence-electron chi connectivity index (χ0n) is 5.09. The van der Waals surface area contributed by atoms with E-state index in [9.17, 15) is 0 Å². The molecular weight excluding hydrogens is 120 g/mol. The number of thioether (sulfide) groups is 1. The van der Waals surface area contributed by atoms with Crippen LogP contribution in [0.25, 0.3) is 0 Å². The summed E-state index contributed by atoms with van der Waals surface area (Å²) in [5.74, 6) is 0. The summed E-state index contributed by atoms with van der Waals surface area (Å²) in [5, 5.41) is 2.49. The van der Waals surface area contributed by atoms with Gasteiger partial charge in [-0.2, -0.15) is 0 Å². The zero-order chi connectivity index (χ0) is 6.41. The Morgan fingerprint density at radius 3 is 2.75 bits per heavy atom. The summed E-state index contributed by atoms with van der Waals surface area (Å²) in [6.45, 7) is 1.94. The lowest BCUT2D eigenvalue weighted by molar-refractivity contribution is 1.44. The molecule has 0 bridgehead atoms. The quantitative estimate of drug-likeness (QED) is 0.428. The first kappa shape index (κ1) is 7.56. The molecule has 0 fully saturated rings. The molecule has 0 aliphatic carbocycles. The minimum Gasteiger partial charge on any atom is -0.378 e. The van der Waals surface area contributed by atoms with Crippen molar-refractivity contribution in [2.75, 3.05) is 7.05 Å². The van der Waals surface area contributed by atoms with Gasteiger partial charge >= 0.3 is 0 Å². The minimum absolute atomic E-state index is 0.600. The van der Waals surface area contributed by atoms with Gasteiger partial charge in [0.25, 0.3) is 0 Å². The number of hydrogen-bond acceptors (Lipinski definition) is 2. The molecule has 0 aromatic carbocycles. The van der Waals surface area contributed by atoms with Crippen LogP contribution in [0.3, 0.4) is 0 Å². The van der Waals surface area contributed by atoms with Crippen molar-refractivity contribution in [3.8, 4) is 0 Å². The largest absolute Gasteiger partial charge is 0.378 e. The van der Waals surface area contributed by atoms with Crippen molar-refractivity contribution in [2.24, 2.45) is 10.7 Å². The fourth-order valence-electron chi connectivity index (χ4n) is 0.190. The van der Waals surface area contributed by atoms with E-state index in [4.69, 9.17) is 5.73 Å². The molecule has 0 saturated carbocycles. The zero-order valence-corrected chi connectivity index (χ0v) is 5.90. The fraction of sp³-hybridized carbons (Fsp3) is 0.400. The van der Waals surface area contributed by atoms with Crippen LogP contribution < -0.4 is 5.73 Å². The van der Waals surface area contributed by atoms with Crippen molar-refractivity contribution >= 4 is 16.9 Å². The Bertz CT molecular complexity index is 107. The molecule has 0 atom stereocenters. The Morgan fingerprint density at radius 1 is 1.75 bits per heavy atom. The normalized spacial score (nSPS) is 13.0. The van der Waals surface area contributed by atoms with Gasteiger partial charge in [-0.3, -0.25) is 4.99 Å². The maximum Gasteiger partial charge on any atom is 0.157 e. The Balaban J connectivity index is 3.40. The van der Waals surface area contributed by atoms with E-state index in [-0.39, 0.29) is 0 Å². The number of nitrogens with zero attached hydrogens (tertiary/aromatic N) is 1. The smallest absolute Gasteiger partial charge is 0.157 e. The molecule has 0 radical (unpaired) electrons. The molecule has 0 aliphatic heterocycles. The van der Waals surface area contributed by atoms with Crippen LogP contribution in [0, 0.1) is 0 Å². The van der Waals surface area contributed by atoms with Crippen LogP contribution in [0.15, 0.2) is 16.5 Å². The van der Waals surface area contributed by atoms with Crippen molar-refractivity contribution in [3.05, 3.63) is 11.5 Å². The monoisotopic (exact) mass is 130 g/mol. The molecule has 0 rings (SSSR count). The van der Waals surface area contributed by atoms with E-state index < -0.39 is 0 Å². The molecule has 0 amide bonds. The molecule has 0 saturated heterocycles. The topological polar surface area (TPSA) is 38.4 Å². The highest BCUT2D eigenvalue weighted by atomic mass is 32.2. The number of amidine groups is 1. The summed E-state index contributed by atoms with van der Waals surface area (Å²) >= 11 is 1.42. The molecule has 0 aromatic rings. The standard InChI is InChI=1S/C5H10N2S/c1-3-4-8-5(6)7-2/h3-4H,1-2H3,(H2,6,7). The van der Waals surface area contributed by atoms with Gasteiger partial charge in [-0.15, -0.1) is 0 Å². The molecular formula is C5H10N2S. The maximum atomic E-state index is 5.32. The minimum atomic E-state index is 0.600. The van der Waals surface area contributed by atoms with Crippen LogP contribution in [0.4, 0.5) is 0 Å². The van der Waals surface area contributed by atoms with Crippen molar-refractivity contribution in [2.45, 2.75) is 6.92 Å². The van der Waals surface area contributed by atoms with Crippen molar-refractivity contribution in [1.29, 1.82) is 0 Å². The van der Waals surface area contributed by atoms with E-state index in [1.807, 2.05) is 18.4 Å². The summed E-state index contributed by atoms with van der Waals surface area (Å²) in [4.78, 5) is 3.73. The first-order valence-corrected chi connectivity index (χ1v) is 3.19. The third kappa shape index (κ3) is 3.74. The Kier molecular flexibility index (Phi) is 4.45. The van der Waals surface area contributed by atoms with Gasteiger partial charge in [-0.25, -0.2) is 0 Å². The summed E-state index contributed by atoms with van der Waals surface area (Å²) in [5.41, 5.74) is 5.32. The number of allylic oxidation sites excluding steroid dienone is 1. The molecule has 2 N–H and O–H groups in total. The Labute approximate surface area is 53.9 Å². The first-order chi connectivity index (χ1) is 3.81. The number of aliphatic imine (C=N–C) groups is 1. The molecule has 46 valence electrons. The van der Waals surface area contributed by atoms with Crippen molar-refractivity contribution in [3.63, 3.8) is 0 Å². The summed E-state index contributed by atoms with van der Waals surface area (Å²) in [6, 6.07) is 0. The van der Waals surface area contributed by atoms with Gasteiger partial charge < -0.3 is 5.73 Å². The summed E-state index contributed by atoms with van der Waals surface area (Å²) < 4.78 is 0. The molecule has 0 spiro atoms. The predicted molar refractivity (Wildman–Crippen MR) is 40.0 cm³/mol. The van der Waals surface area contributed by atoms with Crippen LogP contribution in [0.1, 0.15) is 6.92 Å². The number of nitrogens with two attached hydrogens (primary N) is 1. The van der Waals surface area contributed by atoms with Gasteiger partial charge in [0.2, 0.25) is 0 Å². The van der Waals surface area contributed by atoms with Crippen LogP contribution in [-0.2, 0) is 0 Å². The highest BCUT2D eigenvalue weighted by Crippen LogP contribution is 1.99. The average Bonchev–Trinajstić information content (AvgIpc) is 1.83. The van der Waals surface area contributed by atoms with Gasteiger partial charge in [-0.05, 0) is 12.3 Å². The second kappa shape index (κ2) is 4.71. The van der Waals surface area contributed by atoms with Gasteiger partial charge in [0.1, 0.15) is 0 Å². The molecule has 0 unspecified atom stereocenters. The fourth-order valence-corrected chi connectivity index (χ4v) is 0.571. The maximum absolute atomic E-state index is 5.32. The summed E-state index contributed by atoms with van der Waals surface area (Å²) in [7, 11) is 1.67. The average molecular weight is 130 g/mol. The van der Waals surface area contributed by atoms with E-state index in [2.05, 4.69) is 4.99 Å². The molecule has 3 heteroatoms. The summed E-state index contributed by atoms with van der Waals surface area (Å²) in [6.07, 6.45) is 1.92. The van der Waals surface area contributed by atoms with Crippen molar-refractivity contribution < 1.29 is 0 Å². The van der Waals surface area contributed by atoms with Gasteiger partial charge in [0.15, 0.2) is 5.17 Å². The highest BCUT2D eigenvalue weighted by Gasteiger charge is 1.80. The van der Waals surface area contributed by atoms with E-state index in [0.717, 1.165) is 0 Å². The lowest BCUT2D eigenvalue weighted by atomic mass is 10.8. The van der Waals surface area contributed by atoms with Crippen LogP contribution >= 0.6 is 11.8 Å². The van der Waals surface area contributed by atoms with E-state index >= 15 is 0 Å². The van der Waals surface area contributed by atoms with Gasteiger partial charge in [0.05, 0.1) is 0 Å². The first-order valence-electron chi connectivity index (χ1n) is 2.31. The second-order valence-electron chi connectivity index (χ2n) is 1.15. The second-order valence-corrected chi connectivity index (χ2v) is 2.08. The number of rotatable bonds is 1. The lowest BCUT2D eigenvalue weighted by Crippen LogP contribution is -2.03. The molecule has 8 heavy (non-hydrogen) atoms. The van der Waals surface area contributed by atoms with E-state index in [0.29, 0.717) is 5.17 Å². The Hall–Kier alpha value is -0.440. The Morgan fingerprint density at radius 2 is 2.38 bits per heavy atom. The van der Waals surface area contributed by atoms with E-state index in [1.54, 1.807) is 7.05 Å². The molecule has 0 heterocycles. The molecule has 0 aliphatic rings. The molecule has 2 nitrogen and oxygen atoms in total. The van der Waals surface area contributed by atoms with Gasteiger partial charge in [0, 0.05) is 7.05 Å².